The highest BCUT2D eigenvalue weighted by atomic mass is 32.1. The van der Waals surface area contributed by atoms with Gasteiger partial charge in [-0.25, -0.2) is 0 Å². The van der Waals surface area contributed by atoms with Crippen LogP contribution in [-0.2, 0) is 4.79 Å². The zero-order chi connectivity index (χ0) is 17.3. The molecule has 0 spiro atoms. The first-order chi connectivity index (χ1) is 11.5. The molecule has 2 aromatic carbocycles. The smallest absolute Gasteiger partial charge is 0.281 e. The zero-order valence-electron chi connectivity index (χ0n) is 12.8. The molecule has 3 rings (SSSR count). The number of carboxylic acid groups (broad SMARTS) is 1. The minimum absolute atomic E-state index is 0.0830. The fraction of sp³-hybridized carbons (Fsp3) is 0.0556. The maximum Gasteiger partial charge on any atom is 0.281 e. The van der Waals surface area contributed by atoms with Crippen LogP contribution in [0.2, 0.25) is 0 Å². The number of carbonyl (C=O) groups is 2. The Hall–Kier alpha value is -2.99. The quantitative estimate of drug-likeness (QED) is 0.681. The predicted octanol–water partition coefficient (Wildman–Crippen LogP) is 1.62. The number of anilines is 1. The van der Waals surface area contributed by atoms with Gasteiger partial charge in [0.15, 0.2) is 5.11 Å². The molecule has 1 aliphatic heterocycles. The number of carboxylic acids is 1. The Morgan fingerprint density at radius 3 is 2.33 bits per heavy atom. The summed E-state index contributed by atoms with van der Waals surface area (Å²) >= 11 is 5.25. The minimum Gasteiger partial charge on any atom is -0.545 e. The molecular weight excluding hydrogens is 324 g/mol. The van der Waals surface area contributed by atoms with E-state index in [1.807, 2.05) is 31.2 Å². The number of hydrogen-bond donors (Lipinski definition) is 1. The lowest BCUT2D eigenvalue weighted by Crippen LogP contribution is -2.30. The van der Waals surface area contributed by atoms with Crippen molar-refractivity contribution in [2.24, 2.45) is 0 Å². The fourth-order valence-corrected chi connectivity index (χ4v) is 2.64. The lowest BCUT2D eigenvalue weighted by Gasteiger charge is -2.13. The monoisotopic (exact) mass is 337 g/mol. The lowest BCUT2D eigenvalue weighted by molar-refractivity contribution is -0.255. The highest BCUT2D eigenvalue weighted by Gasteiger charge is 2.31. The van der Waals surface area contributed by atoms with Crippen molar-refractivity contribution in [2.45, 2.75) is 6.92 Å². The van der Waals surface area contributed by atoms with E-state index in [2.05, 4.69) is 5.32 Å². The number of aryl methyl sites for hydroxylation is 1. The molecule has 0 atom stereocenters. The summed E-state index contributed by atoms with van der Waals surface area (Å²) in [6.07, 6.45) is 1.63. The summed E-state index contributed by atoms with van der Waals surface area (Å²) in [6, 6.07) is 13.5. The van der Waals surface area contributed by atoms with Gasteiger partial charge in [-0.05, 0) is 48.5 Å². The van der Waals surface area contributed by atoms with Gasteiger partial charge in [0, 0.05) is 0 Å². The Morgan fingerprint density at radius 2 is 1.75 bits per heavy atom. The van der Waals surface area contributed by atoms with E-state index >= 15 is 0 Å². The number of nitrogens with one attached hydrogen (secondary N) is 1. The summed E-state index contributed by atoms with van der Waals surface area (Å²) in [4.78, 5) is 24.8. The molecule has 0 aliphatic carbocycles. The van der Waals surface area contributed by atoms with Crippen molar-refractivity contribution < 1.29 is 14.7 Å². The largest absolute Gasteiger partial charge is 0.545 e. The fourth-order valence-electron chi connectivity index (χ4n) is 2.35. The van der Waals surface area contributed by atoms with Crippen LogP contribution in [0.1, 0.15) is 21.5 Å². The Labute approximate surface area is 144 Å². The minimum atomic E-state index is -1.24. The molecule has 0 radical (unpaired) electrons. The Morgan fingerprint density at radius 1 is 1.12 bits per heavy atom. The first-order valence-electron chi connectivity index (χ1n) is 7.21. The molecule has 0 bridgehead atoms. The molecule has 1 amide bonds. The number of hydrogen-bond acceptors (Lipinski definition) is 4. The maximum atomic E-state index is 12.6. The molecule has 0 saturated carbocycles. The van der Waals surface area contributed by atoms with E-state index in [0.717, 1.165) is 5.56 Å². The topological polar surface area (TPSA) is 72.5 Å². The first-order valence-corrected chi connectivity index (χ1v) is 7.62. The Kier molecular flexibility index (Phi) is 4.14. The summed E-state index contributed by atoms with van der Waals surface area (Å²) in [7, 11) is 0. The van der Waals surface area contributed by atoms with E-state index in [4.69, 9.17) is 12.2 Å². The van der Waals surface area contributed by atoms with Crippen molar-refractivity contribution in [3.05, 3.63) is 70.9 Å². The van der Waals surface area contributed by atoms with Crippen molar-refractivity contribution in [3.8, 4) is 0 Å². The van der Waals surface area contributed by atoms with Crippen LogP contribution in [0.5, 0.6) is 0 Å². The van der Waals surface area contributed by atoms with Gasteiger partial charge in [-0.2, -0.15) is 0 Å². The Bertz CT molecular complexity index is 855. The van der Waals surface area contributed by atoms with Crippen LogP contribution in [-0.4, -0.2) is 17.0 Å². The van der Waals surface area contributed by atoms with E-state index < -0.39 is 5.97 Å². The van der Waals surface area contributed by atoms with Crippen LogP contribution >= 0.6 is 12.2 Å². The van der Waals surface area contributed by atoms with Gasteiger partial charge in [0.05, 0.1) is 11.7 Å². The molecule has 24 heavy (non-hydrogen) atoms. The van der Waals surface area contributed by atoms with Crippen LogP contribution in [0.4, 0.5) is 5.69 Å². The maximum absolute atomic E-state index is 12.6. The molecule has 1 N–H and O–H groups in total. The number of aromatic carboxylic acids is 1. The summed E-state index contributed by atoms with van der Waals surface area (Å²) in [5.74, 6) is -1.50. The van der Waals surface area contributed by atoms with E-state index in [1.54, 1.807) is 18.2 Å². The van der Waals surface area contributed by atoms with Gasteiger partial charge in [0.25, 0.3) is 5.91 Å². The highest BCUT2D eigenvalue weighted by molar-refractivity contribution is 7.80. The van der Waals surface area contributed by atoms with E-state index in [9.17, 15) is 14.7 Å². The molecule has 5 nitrogen and oxygen atoms in total. The normalized spacial score (nSPS) is 15.7. The number of carbonyl (C=O) groups excluding carboxylic acids is 2. The van der Waals surface area contributed by atoms with Crippen molar-refractivity contribution in [1.82, 2.24) is 5.32 Å². The summed E-state index contributed by atoms with van der Waals surface area (Å²) in [5, 5.41) is 14.0. The van der Waals surface area contributed by atoms with Crippen molar-refractivity contribution in [3.63, 3.8) is 0 Å². The second kappa shape index (κ2) is 6.25. The molecule has 1 heterocycles. The van der Waals surface area contributed by atoms with Crippen LogP contribution in [0.3, 0.4) is 0 Å². The third-order valence-electron chi connectivity index (χ3n) is 3.63. The standard InChI is InChI=1S/C18H14N2O3S/c1-11-2-8-14(9-3-11)20-16(21)15(19-18(20)24)10-12-4-6-13(7-5-12)17(22)23/h2-10H,1H3,(H,19,24)(H,22,23)/p-1/b15-10-. The number of rotatable bonds is 3. The molecule has 1 aliphatic rings. The molecule has 1 saturated heterocycles. The van der Waals surface area contributed by atoms with E-state index in [0.29, 0.717) is 22.1 Å². The van der Waals surface area contributed by atoms with Crippen LogP contribution in [0.15, 0.2) is 54.2 Å². The summed E-state index contributed by atoms with van der Waals surface area (Å²) in [5.41, 5.74) is 2.89. The molecule has 120 valence electrons. The number of thiocarbonyl (C=S) groups is 1. The zero-order valence-corrected chi connectivity index (χ0v) is 13.6. The van der Waals surface area contributed by atoms with Crippen LogP contribution < -0.4 is 15.3 Å². The van der Waals surface area contributed by atoms with Crippen molar-refractivity contribution in [1.29, 1.82) is 0 Å². The molecule has 0 aromatic heterocycles. The van der Waals surface area contributed by atoms with E-state index in [-0.39, 0.29) is 11.5 Å². The van der Waals surface area contributed by atoms with E-state index in [1.165, 1.54) is 17.0 Å². The second-order valence-corrected chi connectivity index (χ2v) is 5.76. The summed E-state index contributed by atoms with van der Waals surface area (Å²) < 4.78 is 0. The van der Waals surface area contributed by atoms with Crippen LogP contribution in [0, 0.1) is 6.92 Å². The predicted molar refractivity (Wildman–Crippen MR) is 93.1 cm³/mol. The first kappa shape index (κ1) is 15.9. The molecular formula is C18H13N2O3S-. The third-order valence-corrected chi connectivity index (χ3v) is 3.91. The second-order valence-electron chi connectivity index (χ2n) is 5.37. The van der Waals surface area contributed by atoms with Gasteiger partial charge in [0.1, 0.15) is 5.70 Å². The van der Waals surface area contributed by atoms with Gasteiger partial charge < -0.3 is 15.2 Å². The van der Waals surface area contributed by atoms with Gasteiger partial charge in [0.2, 0.25) is 0 Å². The Balaban J connectivity index is 1.87. The highest BCUT2D eigenvalue weighted by Crippen LogP contribution is 2.22. The SMILES string of the molecule is Cc1ccc(N2C(=O)/C(=C/c3ccc(C(=O)[O-])cc3)NC2=S)cc1. The molecule has 0 unspecified atom stereocenters. The van der Waals surface area contributed by atoms with Gasteiger partial charge in [-0.15, -0.1) is 0 Å². The summed E-state index contributed by atoms with van der Waals surface area (Å²) in [6.45, 7) is 1.97. The number of nitrogens with zero attached hydrogens (tertiary/aromatic N) is 1. The van der Waals surface area contributed by atoms with Crippen molar-refractivity contribution >= 4 is 41.0 Å². The van der Waals surface area contributed by atoms with Crippen molar-refractivity contribution in [2.75, 3.05) is 4.90 Å². The van der Waals surface area contributed by atoms with Gasteiger partial charge >= 0.3 is 0 Å². The number of amides is 1. The molecule has 1 fully saturated rings. The lowest BCUT2D eigenvalue weighted by atomic mass is 10.1. The van der Waals surface area contributed by atoms with Crippen LogP contribution in [0.25, 0.3) is 6.08 Å². The van der Waals surface area contributed by atoms with Gasteiger partial charge in [-0.1, -0.05) is 42.0 Å². The number of benzene rings is 2. The average molecular weight is 337 g/mol. The molecule has 6 heteroatoms. The third kappa shape index (κ3) is 3.04. The molecule has 2 aromatic rings. The average Bonchev–Trinajstić information content (AvgIpc) is 2.83. The van der Waals surface area contributed by atoms with Gasteiger partial charge in [-0.3, -0.25) is 9.69 Å².